The fraction of sp³-hybridized carbons (Fsp3) is 0.278. The molecule has 0 spiro atoms. The van der Waals surface area contributed by atoms with Crippen LogP contribution in [0.1, 0.15) is 16.7 Å². The van der Waals surface area contributed by atoms with Crippen LogP contribution >= 0.6 is 11.6 Å². The molecular formula is C18H21ClN2O2. The molecule has 5 heteroatoms. The SMILES string of the molecule is COc1cc(Cl)ccc1CNC(=O)N(C)Cc1ccccc1C. The van der Waals surface area contributed by atoms with E-state index in [4.69, 9.17) is 16.3 Å². The molecule has 0 aromatic heterocycles. The molecule has 0 radical (unpaired) electrons. The first-order valence-corrected chi connectivity index (χ1v) is 7.75. The Bertz CT molecular complexity index is 688. The molecule has 0 saturated heterocycles. The summed E-state index contributed by atoms with van der Waals surface area (Å²) in [5.74, 6) is 0.666. The number of urea groups is 1. The minimum absolute atomic E-state index is 0.134. The summed E-state index contributed by atoms with van der Waals surface area (Å²) in [4.78, 5) is 13.9. The van der Waals surface area contributed by atoms with Gasteiger partial charge in [-0.3, -0.25) is 0 Å². The van der Waals surface area contributed by atoms with Crippen LogP contribution in [-0.2, 0) is 13.1 Å². The number of ether oxygens (including phenoxy) is 1. The van der Waals surface area contributed by atoms with E-state index >= 15 is 0 Å². The molecular weight excluding hydrogens is 312 g/mol. The van der Waals surface area contributed by atoms with Crippen molar-refractivity contribution in [2.75, 3.05) is 14.2 Å². The van der Waals surface area contributed by atoms with Crippen LogP contribution in [0.2, 0.25) is 5.02 Å². The largest absolute Gasteiger partial charge is 0.496 e. The van der Waals surface area contributed by atoms with E-state index in [0.29, 0.717) is 23.9 Å². The van der Waals surface area contributed by atoms with Gasteiger partial charge in [-0.25, -0.2) is 4.79 Å². The van der Waals surface area contributed by atoms with Crippen molar-refractivity contribution < 1.29 is 9.53 Å². The van der Waals surface area contributed by atoms with Crippen molar-refractivity contribution in [1.82, 2.24) is 10.2 Å². The molecule has 4 nitrogen and oxygen atoms in total. The lowest BCUT2D eigenvalue weighted by molar-refractivity contribution is 0.206. The summed E-state index contributed by atoms with van der Waals surface area (Å²) in [5.41, 5.74) is 3.19. The minimum Gasteiger partial charge on any atom is -0.496 e. The van der Waals surface area contributed by atoms with Gasteiger partial charge < -0.3 is 15.0 Å². The molecule has 0 aliphatic heterocycles. The topological polar surface area (TPSA) is 41.6 Å². The smallest absolute Gasteiger partial charge is 0.317 e. The highest BCUT2D eigenvalue weighted by Crippen LogP contribution is 2.23. The summed E-state index contributed by atoms with van der Waals surface area (Å²) in [5, 5.41) is 3.50. The number of methoxy groups -OCH3 is 1. The number of hydrogen-bond donors (Lipinski definition) is 1. The number of amides is 2. The average Bonchev–Trinajstić information content (AvgIpc) is 2.55. The van der Waals surface area contributed by atoms with E-state index < -0.39 is 0 Å². The molecule has 2 aromatic rings. The van der Waals surface area contributed by atoms with Crippen LogP contribution in [0.5, 0.6) is 5.75 Å². The Labute approximate surface area is 142 Å². The molecule has 0 atom stereocenters. The highest BCUT2D eigenvalue weighted by molar-refractivity contribution is 6.30. The van der Waals surface area contributed by atoms with Crippen molar-refractivity contribution in [3.8, 4) is 5.75 Å². The Hall–Kier alpha value is -2.20. The van der Waals surface area contributed by atoms with Crippen molar-refractivity contribution in [3.63, 3.8) is 0 Å². The summed E-state index contributed by atoms with van der Waals surface area (Å²) in [6.07, 6.45) is 0. The van der Waals surface area contributed by atoms with Crippen molar-refractivity contribution in [3.05, 3.63) is 64.2 Å². The zero-order valence-electron chi connectivity index (χ0n) is 13.6. The zero-order chi connectivity index (χ0) is 16.8. The molecule has 0 heterocycles. The number of carbonyl (C=O) groups excluding carboxylic acids is 1. The van der Waals surface area contributed by atoms with Crippen LogP contribution in [0.3, 0.4) is 0 Å². The second kappa shape index (κ2) is 7.88. The van der Waals surface area contributed by atoms with Gasteiger partial charge in [0, 0.05) is 30.7 Å². The third-order valence-electron chi connectivity index (χ3n) is 3.69. The number of halogens is 1. The molecule has 0 unspecified atom stereocenters. The van der Waals surface area contributed by atoms with E-state index in [0.717, 1.165) is 11.1 Å². The first-order valence-electron chi connectivity index (χ1n) is 7.37. The summed E-state index contributed by atoms with van der Waals surface area (Å²) in [6.45, 7) is 2.99. The summed E-state index contributed by atoms with van der Waals surface area (Å²) in [7, 11) is 3.36. The molecule has 2 amide bonds. The highest BCUT2D eigenvalue weighted by Gasteiger charge is 2.11. The van der Waals surface area contributed by atoms with E-state index in [2.05, 4.69) is 5.32 Å². The van der Waals surface area contributed by atoms with Crippen LogP contribution in [0.25, 0.3) is 0 Å². The summed E-state index contributed by atoms with van der Waals surface area (Å²) >= 11 is 5.94. The molecule has 0 bridgehead atoms. The van der Waals surface area contributed by atoms with Gasteiger partial charge in [0.2, 0.25) is 0 Å². The van der Waals surface area contributed by atoms with Gasteiger partial charge in [-0.05, 0) is 30.2 Å². The van der Waals surface area contributed by atoms with E-state index in [1.807, 2.05) is 37.3 Å². The number of aryl methyl sites for hydroxylation is 1. The molecule has 2 rings (SSSR count). The zero-order valence-corrected chi connectivity index (χ0v) is 14.4. The molecule has 0 aliphatic rings. The number of benzene rings is 2. The van der Waals surface area contributed by atoms with Crippen LogP contribution < -0.4 is 10.1 Å². The second-order valence-corrected chi connectivity index (χ2v) is 5.83. The first-order chi connectivity index (χ1) is 11.0. The first kappa shape index (κ1) is 17.2. The van der Waals surface area contributed by atoms with Crippen molar-refractivity contribution in [1.29, 1.82) is 0 Å². The maximum absolute atomic E-state index is 12.2. The Balaban J connectivity index is 1.95. The number of hydrogen-bond acceptors (Lipinski definition) is 2. The van der Waals surface area contributed by atoms with Gasteiger partial charge >= 0.3 is 6.03 Å². The molecule has 0 fully saturated rings. The monoisotopic (exact) mass is 332 g/mol. The molecule has 23 heavy (non-hydrogen) atoms. The lowest BCUT2D eigenvalue weighted by atomic mass is 10.1. The van der Waals surface area contributed by atoms with Gasteiger partial charge in [0.15, 0.2) is 0 Å². The molecule has 0 aliphatic carbocycles. The molecule has 0 saturated carbocycles. The fourth-order valence-corrected chi connectivity index (χ4v) is 2.45. The van der Waals surface area contributed by atoms with Crippen LogP contribution in [0.4, 0.5) is 4.79 Å². The third-order valence-corrected chi connectivity index (χ3v) is 3.93. The van der Waals surface area contributed by atoms with Crippen LogP contribution in [0, 0.1) is 6.92 Å². The lowest BCUT2D eigenvalue weighted by Crippen LogP contribution is -2.36. The third kappa shape index (κ3) is 4.63. The summed E-state index contributed by atoms with van der Waals surface area (Å²) < 4.78 is 5.28. The van der Waals surface area contributed by atoms with Gasteiger partial charge in [-0.1, -0.05) is 41.9 Å². The van der Waals surface area contributed by atoms with Crippen molar-refractivity contribution in [2.24, 2.45) is 0 Å². The van der Waals surface area contributed by atoms with Gasteiger partial charge in [-0.2, -0.15) is 0 Å². The molecule has 1 N–H and O–H groups in total. The van der Waals surface area contributed by atoms with E-state index in [-0.39, 0.29) is 6.03 Å². The van der Waals surface area contributed by atoms with Crippen molar-refractivity contribution in [2.45, 2.75) is 20.0 Å². The van der Waals surface area contributed by atoms with Crippen LogP contribution in [-0.4, -0.2) is 25.1 Å². The van der Waals surface area contributed by atoms with E-state index in [1.165, 1.54) is 5.56 Å². The Morgan fingerprint density at radius 3 is 2.65 bits per heavy atom. The van der Waals surface area contributed by atoms with Gasteiger partial charge in [-0.15, -0.1) is 0 Å². The molecule has 122 valence electrons. The Morgan fingerprint density at radius 1 is 1.22 bits per heavy atom. The predicted molar refractivity (Wildman–Crippen MR) is 92.9 cm³/mol. The standard InChI is InChI=1S/C18H21ClN2O2/c1-13-6-4-5-7-15(13)12-21(2)18(22)20-11-14-8-9-16(19)10-17(14)23-3/h4-10H,11-12H2,1-3H3,(H,20,22). The minimum atomic E-state index is -0.134. The van der Waals surface area contributed by atoms with Crippen LogP contribution in [0.15, 0.2) is 42.5 Å². The Morgan fingerprint density at radius 2 is 1.96 bits per heavy atom. The quantitative estimate of drug-likeness (QED) is 0.899. The second-order valence-electron chi connectivity index (χ2n) is 5.40. The Kier molecular flexibility index (Phi) is 5.88. The maximum atomic E-state index is 12.2. The molecule has 2 aromatic carbocycles. The van der Waals surface area contributed by atoms with Gasteiger partial charge in [0.1, 0.15) is 5.75 Å². The van der Waals surface area contributed by atoms with Gasteiger partial charge in [0.05, 0.1) is 7.11 Å². The number of carbonyl (C=O) groups is 1. The highest BCUT2D eigenvalue weighted by atomic mass is 35.5. The maximum Gasteiger partial charge on any atom is 0.317 e. The predicted octanol–water partition coefficient (Wildman–Crippen LogP) is 4.00. The van der Waals surface area contributed by atoms with Gasteiger partial charge in [0.25, 0.3) is 0 Å². The van der Waals surface area contributed by atoms with E-state index in [1.54, 1.807) is 31.2 Å². The van der Waals surface area contributed by atoms with Crippen molar-refractivity contribution >= 4 is 17.6 Å². The number of nitrogens with one attached hydrogen (secondary N) is 1. The normalized spacial score (nSPS) is 10.3. The average molecular weight is 333 g/mol. The fourth-order valence-electron chi connectivity index (χ4n) is 2.29. The summed E-state index contributed by atoms with van der Waals surface area (Å²) in [6, 6.07) is 13.3. The van der Waals surface area contributed by atoms with E-state index in [9.17, 15) is 4.79 Å². The lowest BCUT2D eigenvalue weighted by Gasteiger charge is -2.19. The number of rotatable bonds is 5. The number of nitrogens with zero attached hydrogens (tertiary/aromatic N) is 1.